The molecule has 0 N–H and O–H groups in total. The van der Waals surface area contributed by atoms with E-state index in [0.29, 0.717) is 0 Å². The van der Waals surface area contributed by atoms with Gasteiger partial charge in [-0.1, -0.05) is 303 Å². The Kier molecular flexibility index (Phi) is 12.7. The average Bonchev–Trinajstić information content (AvgIpc) is 0.706. The highest BCUT2D eigenvalue weighted by Crippen LogP contribution is 2.47. The van der Waals surface area contributed by atoms with E-state index in [1.165, 1.54) is 102 Å². The molecular formula is C86H60BN3Si2. The Hall–Kier alpha value is -11.3. The largest absolute Gasteiger partial charge is 0.311 e. The molecule has 0 saturated carbocycles. The minimum atomic E-state index is -3.08. The van der Waals surface area contributed by atoms with Gasteiger partial charge in [0.1, 0.15) is 0 Å². The third kappa shape index (κ3) is 8.21. The SMILES string of the molecule is c1ccc([Si](c2ccccc2)(c2ccccc2)c2ccc3c(c2)N(c2ccc4ccccc4c2)c2cc(-n4c5ccccc5c5ccccc54)cc4c2B3c2ccc([Si](c3ccccc3)(c3ccccc3)c3ccccc3)cc2N4c2ccc3ccccc3c2)cc1. The van der Waals surface area contributed by atoms with E-state index in [1.807, 2.05) is 0 Å². The summed E-state index contributed by atoms with van der Waals surface area (Å²) in [7, 11) is -6.16. The Balaban J connectivity index is 1.01. The van der Waals surface area contributed by atoms with Gasteiger partial charge in [-0.15, -0.1) is 0 Å². The monoisotopic (exact) mass is 1200 g/mol. The number of rotatable bonds is 11. The number of fused-ring (bicyclic) bond motifs is 9. The first kappa shape index (κ1) is 53.7. The molecule has 430 valence electrons. The van der Waals surface area contributed by atoms with Crippen molar-refractivity contribution in [2.45, 2.75) is 0 Å². The van der Waals surface area contributed by atoms with Crippen LogP contribution in [0.2, 0.25) is 0 Å². The topological polar surface area (TPSA) is 11.4 Å². The average molecular weight is 1200 g/mol. The van der Waals surface area contributed by atoms with Crippen LogP contribution in [-0.4, -0.2) is 27.4 Å². The lowest BCUT2D eigenvalue weighted by atomic mass is 9.33. The van der Waals surface area contributed by atoms with E-state index in [2.05, 4.69) is 378 Å². The molecule has 0 bridgehead atoms. The molecule has 2 aliphatic rings. The van der Waals surface area contributed by atoms with E-state index in [1.54, 1.807) is 0 Å². The van der Waals surface area contributed by atoms with Crippen molar-refractivity contribution >= 4 is 158 Å². The van der Waals surface area contributed by atoms with Gasteiger partial charge in [0.05, 0.1) is 16.7 Å². The van der Waals surface area contributed by atoms with Crippen molar-refractivity contribution in [2.24, 2.45) is 0 Å². The maximum Gasteiger partial charge on any atom is 0.252 e. The van der Waals surface area contributed by atoms with E-state index in [-0.39, 0.29) is 6.71 Å². The van der Waals surface area contributed by atoms with Crippen molar-refractivity contribution in [1.29, 1.82) is 0 Å². The number of benzene rings is 15. The summed E-state index contributed by atoms with van der Waals surface area (Å²) in [5, 5.41) is 17.9. The predicted molar refractivity (Wildman–Crippen MR) is 397 cm³/mol. The van der Waals surface area contributed by atoms with Gasteiger partial charge in [0, 0.05) is 44.9 Å². The van der Waals surface area contributed by atoms with Crippen LogP contribution in [0.5, 0.6) is 0 Å². The van der Waals surface area contributed by atoms with Crippen LogP contribution in [0.25, 0.3) is 49.0 Å². The van der Waals surface area contributed by atoms with E-state index in [4.69, 9.17) is 0 Å². The van der Waals surface area contributed by atoms with Gasteiger partial charge in [0.2, 0.25) is 0 Å². The van der Waals surface area contributed by atoms with Crippen LogP contribution in [0.4, 0.5) is 34.1 Å². The fraction of sp³-hybridized carbons (Fsp3) is 0. The van der Waals surface area contributed by atoms with Crippen LogP contribution in [0.3, 0.4) is 0 Å². The first-order chi connectivity index (χ1) is 45.6. The van der Waals surface area contributed by atoms with Gasteiger partial charge in [-0.3, -0.25) is 0 Å². The predicted octanol–water partition coefficient (Wildman–Crippen LogP) is 13.9. The molecule has 0 spiro atoms. The van der Waals surface area contributed by atoms with Crippen molar-refractivity contribution < 1.29 is 0 Å². The minimum Gasteiger partial charge on any atom is -0.311 e. The maximum atomic E-state index is 2.65. The molecule has 18 rings (SSSR count). The van der Waals surface area contributed by atoms with E-state index >= 15 is 0 Å². The molecule has 2 aliphatic heterocycles. The summed E-state index contributed by atoms with van der Waals surface area (Å²) in [6.07, 6.45) is 0. The molecule has 0 unspecified atom stereocenters. The third-order valence-corrected chi connectivity index (χ3v) is 29.5. The fourth-order valence-electron chi connectivity index (χ4n) is 16.1. The molecule has 0 saturated heterocycles. The summed E-state index contributed by atoms with van der Waals surface area (Å²) >= 11 is 0. The normalized spacial score (nSPS) is 12.7. The van der Waals surface area contributed by atoms with E-state index in [0.717, 1.165) is 39.5 Å². The fourth-order valence-corrected chi connectivity index (χ4v) is 25.6. The smallest absolute Gasteiger partial charge is 0.252 e. The highest BCUT2D eigenvalue weighted by atomic mass is 28.3. The van der Waals surface area contributed by atoms with Gasteiger partial charge < -0.3 is 14.4 Å². The van der Waals surface area contributed by atoms with Crippen LogP contribution in [0, 0.1) is 0 Å². The highest BCUT2D eigenvalue weighted by molar-refractivity contribution is 7.20. The second-order valence-electron chi connectivity index (χ2n) is 24.7. The van der Waals surface area contributed by atoms with Crippen LogP contribution < -0.4 is 67.7 Å². The Bertz CT molecular complexity index is 4960. The number of anilines is 6. The molecule has 1 aromatic heterocycles. The number of hydrogen-bond donors (Lipinski definition) is 0. The van der Waals surface area contributed by atoms with Gasteiger partial charge in [0.25, 0.3) is 6.71 Å². The van der Waals surface area contributed by atoms with Crippen molar-refractivity contribution in [3.8, 4) is 5.69 Å². The van der Waals surface area contributed by atoms with Crippen molar-refractivity contribution in [3.05, 3.63) is 364 Å². The summed E-state index contributed by atoms with van der Waals surface area (Å²) in [5.74, 6) is 0. The first-order valence-corrected chi connectivity index (χ1v) is 36.0. The zero-order valence-corrected chi connectivity index (χ0v) is 52.6. The summed E-state index contributed by atoms with van der Waals surface area (Å²) < 4.78 is 2.53. The quantitative estimate of drug-likeness (QED) is 0.0945. The molecule has 0 amide bonds. The number of aromatic nitrogens is 1. The Morgan fingerprint density at radius 2 is 0.533 bits per heavy atom. The second-order valence-corrected chi connectivity index (χ2v) is 32.3. The summed E-state index contributed by atoms with van der Waals surface area (Å²) in [5.41, 5.74) is 14.1. The van der Waals surface area contributed by atoms with Gasteiger partial charge in [0.15, 0.2) is 16.1 Å². The van der Waals surface area contributed by atoms with Gasteiger partial charge in [-0.05, 0) is 140 Å². The third-order valence-electron chi connectivity index (χ3n) is 20.0. The molecule has 0 radical (unpaired) electrons. The molecule has 3 heterocycles. The van der Waals surface area contributed by atoms with Crippen LogP contribution in [-0.2, 0) is 0 Å². The maximum absolute atomic E-state index is 3.08. The number of nitrogens with zero attached hydrogens (tertiary/aromatic N) is 3. The van der Waals surface area contributed by atoms with Crippen LogP contribution in [0.1, 0.15) is 0 Å². The Labute approximate surface area is 538 Å². The molecule has 6 heteroatoms. The highest BCUT2D eigenvalue weighted by Gasteiger charge is 2.49. The van der Waals surface area contributed by atoms with Gasteiger partial charge >= 0.3 is 0 Å². The Morgan fingerprint density at radius 1 is 0.217 bits per heavy atom. The zero-order valence-electron chi connectivity index (χ0n) is 50.6. The summed E-state index contributed by atoms with van der Waals surface area (Å²) in [4.78, 5) is 5.29. The lowest BCUT2D eigenvalue weighted by Crippen LogP contribution is -2.75. The number of para-hydroxylation sites is 2. The molecule has 3 nitrogen and oxygen atoms in total. The van der Waals surface area contributed by atoms with Crippen molar-refractivity contribution in [1.82, 2.24) is 4.57 Å². The molecule has 0 fully saturated rings. The lowest BCUT2D eigenvalue weighted by Gasteiger charge is -2.46. The van der Waals surface area contributed by atoms with Crippen LogP contribution in [0.15, 0.2) is 364 Å². The molecule has 16 aromatic rings. The summed E-state index contributed by atoms with van der Waals surface area (Å²) in [6, 6.07) is 139. The van der Waals surface area contributed by atoms with Gasteiger partial charge in [-0.25, -0.2) is 0 Å². The van der Waals surface area contributed by atoms with Gasteiger partial charge in [-0.2, -0.15) is 0 Å². The number of hydrogen-bond acceptors (Lipinski definition) is 2. The summed E-state index contributed by atoms with van der Waals surface area (Å²) in [6.45, 7) is -0.184. The molecular weight excluding hydrogens is 1140 g/mol. The van der Waals surface area contributed by atoms with E-state index < -0.39 is 16.1 Å². The van der Waals surface area contributed by atoms with Crippen LogP contribution >= 0.6 is 0 Å². The Morgan fingerprint density at radius 3 is 0.891 bits per heavy atom. The van der Waals surface area contributed by atoms with Crippen molar-refractivity contribution in [2.75, 3.05) is 9.80 Å². The lowest BCUT2D eigenvalue weighted by molar-refractivity contribution is 1.16. The molecule has 0 aliphatic carbocycles. The molecule has 92 heavy (non-hydrogen) atoms. The second kappa shape index (κ2) is 21.7. The van der Waals surface area contributed by atoms with E-state index in [9.17, 15) is 0 Å². The first-order valence-electron chi connectivity index (χ1n) is 32.0. The van der Waals surface area contributed by atoms with Crippen molar-refractivity contribution in [3.63, 3.8) is 0 Å². The molecule has 0 atom stereocenters. The molecule has 15 aromatic carbocycles. The minimum absolute atomic E-state index is 0.184. The standard InChI is InChI=1S/C86H60BN3Si2/c1-7-31-68(32-8-1)91(69-33-9-2-10-34-69,70-35-11-3-12-36-70)74-51-53-78-82(59-74)88(65-49-47-61-27-19-21-29-63(61)55-65)84-57-67(90-80-45-25-23-43-76(80)77-44-24-26-46-81(77)90)58-85-86(84)87(78)79-54-52-75(60-83(79)89(85)66-50-48-62-28-20-22-30-64(62)56-66)92(71-37-13-4-14-38-71,72-39-15-5-16-40-72)73-41-17-6-18-42-73/h1-60H. The zero-order chi connectivity index (χ0) is 60.7.